The molecule has 0 spiro atoms. The number of benzene rings is 1. The molecule has 1 aliphatic heterocycles. The van der Waals surface area contributed by atoms with Crippen molar-refractivity contribution in [2.24, 2.45) is 0 Å². The molecule has 0 aliphatic carbocycles. The lowest BCUT2D eigenvalue weighted by atomic mass is 10.0. The van der Waals surface area contributed by atoms with E-state index in [9.17, 15) is 4.79 Å². The predicted octanol–water partition coefficient (Wildman–Crippen LogP) is 2.87. The van der Waals surface area contributed by atoms with Crippen molar-refractivity contribution in [2.75, 3.05) is 0 Å². The molecule has 74 valence electrons. The fraction of sp³-hybridized carbons (Fsp3) is 0.364. The van der Waals surface area contributed by atoms with Crippen molar-refractivity contribution in [2.45, 2.75) is 22.9 Å². The van der Waals surface area contributed by atoms with Gasteiger partial charge in [0, 0.05) is 6.42 Å². The summed E-state index contributed by atoms with van der Waals surface area (Å²) in [6.07, 6.45) is 1.41. The van der Waals surface area contributed by atoms with Gasteiger partial charge in [0.05, 0.1) is 3.92 Å². The summed E-state index contributed by atoms with van der Waals surface area (Å²) >= 11 is 2.36. The van der Waals surface area contributed by atoms with Gasteiger partial charge in [0.2, 0.25) is 0 Å². The number of carbonyl (C=O) groups is 1. The van der Waals surface area contributed by atoms with E-state index in [1.165, 1.54) is 0 Å². The van der Waals surface area contributed by atoms with Gasteiger partial charge in [-0.3, -0.25) is 4.79 Å². The van der Waals surface area contributed by atoms with E-state index in [2.05, 4.69) is 22.6 Å². The molecule has 1 aromatic carbocycles. The highest BCUT2D eigenvalue weighted by Crippen LogP contribution is 2.33. The van der Waals surface area contributed by atoms with Crippen molar-refractivity contribution in [1.82, 2.24) is 0 Å². The van der Waals surface area contributed by atoms with Crippen LogP contribution in [0.3, 0.4) is 0 Å². The molecule has 2 nitrogen and oxygen atoms in total. The zero-order chi connectivity index (χ0) is 9.97. The highest BCUT2D eigenvalue weighted by molar-refractivity contribution is 14.1. The first-order chi connectivity index (χ1) is 6.77. The van der Waals surface area contributed by atoms with E-state index in [1.54, 1.807) is 0 Å². The Bertz CT molecular complexity index is 323. The summed E-state index contributed by atoms with van der Waals surface area (Å²) in [7, 11) is 0. The molecule has 0 N–H and O–H groups in total. The molecule has 2 rings (SSSR count). The van der Waals surface area contributed by atoms with Crippen LogP contribution in [0.1, 0.15) is 24.5 Å². The van der Waals surface area contributed by atoms with Crippen LogP contribution in [0.5, 0.6) is 0 Å². The Kier molecular flexibility index (Phi) is 3.05. The molecule has 0 aromatic heterocycles. The average molecular weight is 302 g/mol. The highest BCUT2D eigenvalue weighted by Gasteiger charge is 2.29. The number of esters is 1. The fourth-order valence-corrected chi connectivity index (χ4v) is 2.47. The average Bonchev–Trinajstić information content (AvgIpc) is 2.23. The third-order valence-corrected chi connectivity index (χ3v) is 3.62. The Morgan fingerprint density at radius 2 is 2.00 bits per heavy atom. The zero-order valence-electron chi connectivity index (χ0n) is 7.65. The van der Waals surface area contributed by atoms with Crippen molar-refractivity contribution >= 4 is 28.6 Å². The largest absolute Gasteiger partial charge is 0.456 e. The Hall–Kier alpha value is -0.580. The zero-order valence-corrected chi connectivity index (χ0v) is 9.81. The fourth-order valence-electron chi connectivity index (χ4n) is 1.60. The Morgan fingerprint density at radius 1 is 1.29 bits per heavy atom. The lowest BCUT2D eigenvalue weighted by molar-refractivity contribution is -0.153. The molecule has 3 heteroatoms. The van der Waals surface area contributed by atoms with Crippen molar-refractivity contribution in [3.63, 3.8) is 0 Å². The molecule has 0 unspecified atom stereocenters. The number of alkyl halides is 1. The molecule has 1 saturated heterocycles. The van der Waals surface area contributed by atoms with Crippen LogP contribution in [0.15, 0.2) is 30.3 Å². The van der Waals surface area contributed by atoms with Crippen LogP contribution in [-0.4, -0.2) is 9.89 Å². The van der Waals surface area contributed by atoms with Crippen molar-refractivity contribution in [1.29, 1.82) is 0 Å². The summed E-state index contributed by atoms with van der Waals surface area (Å²) < 4.78 is 5.73. The van der Waals surface area contributed by atoms with Crippen LogP contribution in [0.2, 0.25) is 0 Å². The second kappa shape index (κ2) is 4.29. The van der Waals surface area contributed by atoms with Gasteiger partial charge in [-0.2, -0.15) is 0 Å². The molecule has 0 saturated carbocycles. The van der Waals surface area contributed by atoms with E-state index in [4.69, 9.17) is 4.74 Å². The highest BCUT2D eigenvalue weighted by atomic mass is 127. The first-order valence-electron chi connectivity index (χ1n) is 4.66. The molecule has 1 aromatic rings. The van der Waals surface area contributed by atoms with Crippen molar-refractivity contribution in [3.05, 3.63) is 35.9 Å². The van der Waals surface area contributed by atoms with E-state index < -0.39 is 0 Å². The molecule has 0 radical (unpaired) electrons. The molecular formula is C11H11IO2. The molecule has 14 heavy (non-hydrogen) atoms. The van der Waals surface area contributed by atoms with Gasteiger partial charge >= 0.3 is 5.97 Å². The van der Waals surface area contributed by atoms with E-state index in [0.29, 0.717) is 10.3 Å². The van der Waals surface area contributed by atoms with Gasteiger partial charge in [-0.1, -0.05) is 52.9 Å². The third kappa shape index (κ3) is 2.08. The normalized spacial score (nSPS) is 27.1. The smallest absolute Gasteiger partial charge is 0.306 e. The summed E-state index contributed by atoms with van der Waals surface area (Å²) in [5, 5.41) is 0. The van der Waals surface area contributed by atoms with Crippen molar-refractivity contribution in [3.8, 4) is 0 Å². The lowest BCUT2D eigenvalue weighted by Crippen LogP contribution is -2.25. The molecule has 1 heterocycles. The summed E-state index contributed by atoms with van der Waals surface area (Å²) in [4.78, 5) is 11.2. The minimum Gasteiger partial charge on any atom is -0.456 e. The van der Waals surface area contributed by atoms with Crippen molar-refractivity contribution < 1.29 is 9.53 Å². The van der Waals surface area contributed by atoms with Gasteiger partial charge < -0.3 is 4.74 Å². The number of hydrogen-bond acceptors (Lipinski definition) is 2. The van der Waals surface area contributed by atoms with E-state index in [-0.39, 0.29) is 12.1 Å². The topological polar surface area (TPSA) is 26.3 Å². The maximum atomic E-state index is 11.2. The summed E-state index contributed by atoms with van der Waals surface area (Å²) in [6, 6.07) is 9.93. The maximum absolute atomic E-state index is 11.2. The van der Waals surface area contributed by atoms with Crippen LogP contribution in [0.4, 0.5) is 0 Å². The predicted molar refractivity (Wildman–Crippen MR) is 62.3 cm³/mol. The van der Waals surface area contributed by atoms with Gasteiger partial charge in [0.1, 0.15) is 6.10 Å². The van der Waals surface area contributed by atoms with Gasteiger partial charge in [0.25, 0.3) is 0 Å². The van der Waals surface area contributed by atoms with E-state index in [1.807, 2.05) is 30.3 Å². The summed E-state index contributed by atoms with van der Waals surface area (Å²) in [6.45, 7) is 0. The monoisotopic (exact) mass is 302 g/mol. The Morgan fingerprint density at radius 3 is 2.71 bits per heavy atom. The minimum atomic E-state index is -0.0771. The molecule has 0 bridgehead atoms. The maximum Gasteiger partial charge on any atom is 0.306 e. The SMILES string of the molecule is O=C1CC[C@H](I)[C@@H](c2ccccc2)O1. The number of ether oxygens (including phenoxy) is 1. The van der Waals surface area contributed by atoms with Gasteiger partial charge in [-0.15, -0.1) is 0 Å². The summed E-state index contributed by atoms with van der Waals surface area (Å²) in [5.41, 5.74) is 1.10. The minimum absolute atomic E-state index is 0.0574. The second-order valence-corrected chi connectivity index (χ2v) is 4.98. The molecule has 2 atom stereocenters. The van der Waals surface area contributed by atoms with Crippen LogP contribution in [-0.2, 0) is 9.53 Å². The first-order valence-corrected chi connectivity index (χ1v) is 5.90. The van der Waals surface area contributed by atoms with Gasteiger partial charge in [0.15, 0.2) is 0 Å². The number of halogens is 1. The molecule has 1 fully saturated rings. The molecular weight excluding hydrogens is 291 g/mol. The van der Waals surface area contributed by atoms with Crippen LogP contribution in [0.25, 0.3) is 0 Å². The van der Waals surface area contributed by atoms with Crippen LogP contribution >= 0.6 is 22.6 Å². The standard InChI is InChI=1S/C11H11IO2/c12-9-6-7-10(13)14-11(9)8-4-2-1-3-5-8/h1-5,9,11H,6-7H2/t9-,11+/m0/s1. The number of cyclic esters (lactones) is 1. The van der Waals surface area contributed by atoms with Crippen LogP contribution < -0.4 is 0 Å². The number of carbonyl (C=O) groups excluding carboxylic acids is 1. The molecule has 0 amide bonds. The van der Waals surface area contributed by atoms with E-state index >= 15 is 0 Å². The van der Waals surface area contributed by atoms with E-state index in [0.717, 1.165) is 12.0 Å². The summed E-state index contributed by atoms with van der Waals surface area (Å²) in [5.74, 6) is -0.0771. The molecule has 1 aliphatic rings. The Labute approximate surface area is 96.8 Å². The quantitative estimate of drug-likeness (QED) is 0.453. The number of rotatable bonds is 1. The van der Waals surface area contributed by atoms with Crippen LogP contribution in [0, 0.1) is 0 Å². The van der Waals surface area contributed by atoms with Gasteiger partial charge in [-0.05, 0) is 12.0 Å². The Balaban J connectivity index is 2.20. The third-order valence-electron chi connectivity index (χ3n) is 2.34. The number of hydrogen-bond donors (Lipinski definition) is 0. The van der Waals surface area contributed by atoms with Gasteiger partial charge in [-0.25, -0.2) is 0 Å². The lowest BCUT2D eigenvalue weighted by Gasteiger charge is -2.27. The first kappa shape index (κ1) is 9.96. The second-order valence-electron chi connectivity index (χ2n) is 3.38.